The summed E-state index contributed by atoms with van der Waals surface area (Å²) in [5, 5.41) is 5.19. The Kier molecular flexibility index (Phi) is 11.4. The number of thiophene rings is 1. The van der Waals surface area contributed by atoms with Gasteiger partial charge < -0.3 is 10.1 Å². The Labute approximate surface area is 217 Å². The molecular weight excluding hydrogens is 489 g/mol. The van der Waals surface area contributed by atoms with Crippen molar-refractivity contribution >= 4 is 42.1 Å². The van der Waals surface area contributed by atoms with Crippen molar-refractivity contribution in [3.05, 3.63) is 82.3 Å². The lowest BCUT2D eigenvalue weighted by molar-refractivity contribution is 0.0879. The summed E-state index contributed by atoms with van der Waals surface area (Å²) in [5.41, 5.74) is 2.10. The smallest absolute Gasteiger partial charge is 0.261 e. The van der Waals surface area contributed by atoms with Gasteiger partial charge in [-0.2, -0.15) is 0 Å². The average molecular weight is 519 g/mol. The lowest BCUT2D eigenvalue weighted by atomic mass is 9.88. The molecule has 1 N–H and O–H groups in total. The van der Waals surface area contributed by atoms with Gasteiger partial charge in [0, 0.05) is 19.3 Å². The van der Waals surface area contributed by atoms with Crippen LogP contribution in [0.15, 0.2) is 66.2 Å². The minimum atomic E-state index is -0.126. The molecule has 0 aliphatic carbocycles. The summed E-state index contributed by atoms with van der Waals surface area (Å²) in [6.45, 7) is 3.02. The van der Waals surface area contributed by atoms with Crippen LogP contribution >= 0.6 is 36.2 Å². The molecule has 5 nitrogen and oxygen atoms in total. The van der Waals surface area contributed by atoms with Gasteiger partial charge in [0.25, 0.3) is 5.91 Å². The first-order valence-corrected chi connectivity index (χ1v) is 11.7. The van der Waals surface area contributed by atoms with Crippen LogP contribution in [0.25, 0.3) is 0 Å². The number of halogens is 2. The number of terminal acetylenes is 1. The number of ether oxygens (including phenoxy) is 1. The first-order valence-electron chi connectivity index (χ1n) is 10.9. The van der Waals surface area contributed by atoms with Crippen molar-refractivity contribution in [1.29, 1.82) is 0 Å². The van der Waals surface area contributed by atoms with Crippen molar-refractivity contribution in [3.63, 3.8) is 0 Å². The lowest BCUT2D eigenvalue weighted by Crippen LogP contribution is -2.42. The molecule has 2 atom stereocenters. The zero-order valence-corrected chi connectivity index (χ0v) is 21.2. The van der Waals surface area contributed by atoms with E-state index in [9.17, 15) is 4.79 Å². The van der Waals surface area contributed by atoms with Crippen LogP contribution in [0, 0.1) is 18.3 Å². The van der Waals surface area contributed by atoms with Crippen LogP contribution in [0.4, 0.5) is 0 Å². The van der Waals surface area contributed by atoms with E-state index in [-0.39, 0.29) is 49.3 Å². The number of hydrogen-bond donors (Lipinski definition) is 1. The molecule has 1 saturated heterocycles. The zero-order chi connectivity index (χ0) is 22.2. The van der Waals surface area contributed by atoms with Crippen molar-refractivity contribution < 1.29 is 9.53 Å². The van der Waals surface area contributed by atoms with Gasteiger partial charge in [-0.3, -0.25) is 14.7 Å². The van der Waals surface area contributed by atoms with Crippen molar-refractivity contribution in [3.8, 4) is 18.1 Å². The number of carbonyl (C=O) groups excluding carboxylic acids is 1. The number of piperidine rings is 1. The van der Waals surface area contributed by atoms with Crippen LogP contribution in [-0.4, -0.2) is 35.5 Å². The van der Waals surface area contributed by atoms with Crippen LogP contribution in [-0.2, 0) is 6.54 Å². The molecule has 1 aliphatic rings. The number of aromatic nitrogens is 1. The second-order valence-electron chi connectivity index (χ2n) is 7.96. The van der Waals surface area contributed by atoms with Gasteiger partial charge in [0.1, 0.15) is 12.4 Å². The van der Waals surface area contributed by atoms with Crippen molar-refractivity contribution in [2.45, 2.75) is 25.4 Å². The molecule has 180 valence electrons. The predicted octanol–water partition coefficient (Wildman–Crippen LogP) is 5.38. The Balaban J connectivity index is 0.00000204. The van der Waals surface area contributed by atoms with E-state index in [1.165, 1.54) is 16.9 Å². The Morgan fingerprint density at radius 3 is 2.85 bits per heavy atom. The zero-order valence-electron chi connectivity index (χ0n) is 18.8. The number of hydrogen-bond acceptors (Lipinski definition) is 5. The normalized spacial score (nSPS) is 16.3. The van der Waals surface area contributed by atoms with E-state index in [0.29, 0.717) is 0 Å². The Hall–Kier alpha value is -2.56. The van der Waals surface area contributed by atoms with Crippen molar-refractivity contribution in [2.75, 3.05) is 19.7 Å². The van der Waals surface area contributed by atoms with Gasteiger partial charge in [0.15, 0.2) is 0 Å². The van der Waals surface area contributed by atoms with Crippen molar-refractivity contribution in [2.24, 2.45) is 5.92 Å². The average Bonchev–Trinajstić information content (AvgIpc) is 3.37. The molecule has 2 unspecified atom stereocenters. The van der Waals surface area contributed by atoms with Gasteiger partial charge in [-0.05, 0) is 66.6 Å². The van der Waals surface area contributed by atoms with E-state index in [1.807, 2.05) is 47.8 Å². The number of amides is 1. The summed E-state index contributed by atoms with van der Waals surface area (Å²) in [5.74, 6) is 3.54. The molecule has 0 spiro atoms. The molecule has 4 rings (SSSR count). The number of likely N-dealkylation sites (tertiary alicyclic amines) is 1. The van der Waals surface area contributed by atoms with E-state index >= 15 is 0 Å². The third kappa shape index (κ3) is 7.48. The molecule has 2 aromatic heterocycles. The minimum Gasteiger partial charge on any atom is -0.481 e. The van der Waals surface area contributed by atoms with Crippen LogP contribution in [0.5, 0.6) is 5.75 Å². The van der Waals surface area contributed by atoms with Gasteiger partial charge >= 0.3 is 0 Å². The summed E-state index contributed by atoms with van der Waals surface area (Å²) in [4.78, 5) is 20.6. The van der Waals surface area contributed by atoms with E-state index in [1.54, 1.807) is 6.20 Å². The molecule has 0 bridgehead atoms. The predicted molar refractivity (Wildman–Crippen MR) is 142 cm³/mol. The molecule has 8 heteroatoms. The number of nitrogens with one attached hydrogen (secondary N) is 1. The highest BCUT2D eigenvalue weighted by Crippen LogP contribution is 2.30. The highest BCUT2D eigenvalue weighted by molar-refractivity contribution is 7.12. The lowest BCUT2D eigenvalue weighted by Gasteiger charge is -2.37. The summed E-state index contributed by atoms with van der Waals surface area (Å²) < 4.78 is 5.57. The van der Waals surface area contributed by atoms with Gasteiger partial charge in [-0.1, -0.05) is 30.2 Å². The molecule has 1 fully saturated rings. The number of pyridine rings is 1. The summed E-state index contributed by atoms with van der Waals surface area (Å²) in [6, 6.07) is 17.6. The largest absolute Gasteiger partial charge is 0.481 e. The highest BCUT2D eigenvalue weighted by Gasteiger charge is 2.31. The second-order valence-corrected chi connectivity index (χ2v) is 8.91. The number of nitrogens with zero attached hydrogens (tertiary/aromatic N) is 2. The fourth-order valence-corrected chi connectivity index (χ4v) is 4.86. The standard InChI is InChI=1S/C26H27N3O2S.2ClH/c1-2-15-31-22-10-5-8-20(17-22)18-29-14-6-9-21(19-29)25(23-11-3-4-13-27-23)28-26(30)24-12-7-16-32-24;;/h1,3-5,7-8,10-13,16-17,21,25H,6,9,14-15,18-19H2,(H,28,30);2*1H. The maximum Gasteiger partial charge on any atom is 0.261 e. The number of carbonyl (C=O) groups is 1. The first-order chi connectivity index (χ1) is 15.7. The monoisotopic (exact) mass is 517 g/mol. The molecular formula is C26H29Cl2N3O2S. The summed E-state index contributed by atoms with van der Waals surface area (Å²) in [6.07, 6.45) is 9.23. The topological polar surface area (TPSA) is 54.5 Å². The molecule has 0 saturated carbocycles. The molecule has 3 heterocycles. The van der Waals surface area contributed by atoms with E-state index in [0.717, 1.165) is 48.8 Å². The van der Waals surface area contributed by atoms with Gasteiger partial charge in [-0.15, -0.1) is 42.6 Å². The van der Waals surface area contributed by atoms with Gasteiger partial charge in [-0.25, -0.2) is 0 Å². The molecule has 1 amide bonds. The summed E-state index contributed by atoms with van der Waals surface area (Å²) >= 11 is 1.46. The molecule has 0 radical (unpaired) electrons. The van der Waals surface area contributed by atoms with E-state index < -0.39 is 0 Å². The quantitative estimate of drug-likeness (QED) is 0.407. The van der Waals surface area contributed by atoms with Crippen LogP contribution in [0.2, 0.25) is 0 Å². The Bertz CT molecular complexity index is 1060. The van der Waals surface area contributed by atoms with Crippen LogP contribution in [0.3, 0.4) is 0 Å². The molecule has 1 aromatic carbocycles. The highest BCUT2D eigenvalue weighted by atomic mass is 35.5. The minimum absolute atomic E-state index is 0. The maximum absolute atomic E-state index is 12.9. The fourth-order valence-electron chi connectivity index (χ4n) is 4.24. The van der Waals surface area contributed by atoms with Gasteiger partial charge in [0.05, 0.1) is 16.6 Å². The number of benzene rings is 1. The van der Waals surface area contributed by atoms with Crippen molar-refractivity contribution in [1.82, 2.24) is 15.2 Å². The van der Waals surface area contributed by atoms with Crippen LogP contribution in [0.1, 0.15) is 39.8 Å². The SMILES string of the molecule is C#CCOc1cccc(CN2CCCC(C(NC(=O)c3cccs3)c3ccccn3)C2)c1.Cl.Cl. The summed E-state index contributed by atoms with van der Waals surface area (Å²) in [7, 11) is 0. The molecule has 34 heavy (non-hydrogen) atoms. The Morgan fingerprint density at radius 1 is 1.24 bits per heavy atom. The molecule has 3 aromatic rings. The van der Waals surface area contributed by atoms with E-state index in [2.05, 4.69) is 33.3 Å². The fraction of sp³-hybridized carbons (Fsp3) is 0.308. The van der Waals surface area contributed by atoms with Gasteiger partial charge in [0.2, 0.25) is 0 Å². The third-order valence-corrected chi connectivity index (χ3v) is 6.55. The maximum atomic E-state index is 12.9. The molecule has 1 aliphatic heterocycles. The third-order valence-electron chi connectivity index (χ3n) is 5.68. The second kappa shape index (κ2) is 14.0. The van der Waals surface area contributed by atoms with Crippen LogP contribution < -0.4 is 10.1 Å². The first kappa shape index (κ1) is 27.7. The van der Waals surface area contributed by atoms with E-state index in [4.69, 9.17) is 11.2 Å². The Morgan fingerprint density at radius 2 is 2.12 bits per heavy atom. The number of rotatable bonds is 8.